The first-order valence-corrected chi connectivity index (χ1v) is 6.56. The maximum atomic E-state index is 10.4. The van der Waals surface area contributed by atoms with E-state index in [2.05, 4.69) is 6.92 Å². The van der Waals surface area contributed by atoms with Crippen LogP contribution in [-0.2, 0) is 6.42 Å². The van der Waals surface area contributed by atoms with Crippen LogP contribution in [-0.4, -0.2) is 24.9 Å². The van der Waals surface area contributed by atoms with Gasteiger partial charge < -0.3 is 14.6 Å². The predicted molar refractivity (Wildman–Crippen MR) is 71.2 cm³/mol. The molecular weight excluding hydrogens is 228 g/mol. The van der Waals surface area contributed by atoms with Gasteiger partial charge in [0.2, 0.25) is 0 Å². The molecule has 0 saturated heterocycles. The standard InChI is InChI=1S/C15H22O3/c1-4-5-12-10-15(12,16)9-11-6-7-13(17-2)14(8-11)18-3/h6-8,12,16H,4-5,9-10H2,1-3H3. The second-order valence-electron chi connectivity index (χ2n) is 5.16. The molecule has 2 atom stereocenters. The molecule has 18 heavy (non-hydrogen) atoms. The van der Waals surface area contributed by atoms with Crippen LogP contribution in [0.25, 0.3) is 0 Å². The minimum Gasteiger partial charge on any atom is -0.493 e. The monoisotopic (exact) mass is 250 g/mol. The van der Waals surface area contributed by atoms with Crippen molar-refractivity contribution < 1.29 is 14.6 Å². The number of aliphatic hydroxyl groups is 1. The third-order valence-electron chi connectivity index (χ3n) is 3.80. The van der Waals surface area contributed by atoms with Gasteiger partial charge in [0.1, 0.15) is 0 Å². The maximum absolute atomic E-state index is 10.4. The van der Waals surface area contributed by atoms with Gasteiger partial charge in [0, 0.05) is 6.42 Å². The molecule has 2 rings (SSSR count). The number of methoxy groups -OCH3 is 2. The van der Waals surface area contributed by atoms with Crippen LogP contribution in [0.15, 0.2) is 18.2 Å². The fourth-order valence-electron chi connectivity index (χ4n) is 2.65. The Morgan fingerprint density at radius 2 is 2.00 bits per heavy atom. The van der Waals surface area contributed by atoms with Gasteiger partial charge in [0.15, 0.2) is 11.5 Å². The van der Waals surface area contributed by atoms with Gasteiger partial charge in [-0.1, -0.05) is 19.4 Å². The van der Waals surface area contributed by atoms with Crippen LogP contribution < -0.4 is 9.47 Å². The summed E-state index contributed by atoms with van der Waals surface area (Å²) in [6.07, 6.45) is 3.88. The molecule has 0 spiro atoms. The minimum absolute atomic E-state index is 0.468. The number of rotatable bonds is 6. The third kappa shape index (κ3) is 2.61. The van der Waals surface area contributed by atoms with Gasteiger partial charge in [-0.2, -0.15) is 0 Å². The van der Waals surface area contributed by atoms with Crippen molar-refractivity contribution in [2.24, 2.45) is 5.92 Å². The lowest BCUT2D eigenvalue weighted by Gasteiger charge is -2.13. The van der Waals surface area contributed by atoms with Gasteiger partial charge in [-0.15, -0.1) is 0 Å². The summed E-state index contributed by atoms with van der Waals surface area (Å²) < 4.78 is 10.5. The van der Waals surface area contributed by atoms with Crippen molar-refractivity contribution in [1.29, 1.82) is 0 Å². The summed E-state index contributed by atoms with van der Waals surface area (Å²) in [7, 11) is 3.26. The lowest BCUT2D eigenvalue weighted by molar-refractivity contribution is 0.129. The van der Waals surface area contributed by atoms with E-state index in [1.165, 1.54) is 0 Å². The maximum Gasteiger partial charge on any atom is 0.160 e. The quantitative estimate of drug-likeness (QED) is 0.843. The number of hydrogen-bond donors (Lipinski definition) is 1. The van der Waals surface area contributed by atoms with Gasteiger partial charge in [-0.05, 0) is 36.5 Å². The van der Waals surface area contributed by atoms with Gasteiger partial charge in [0.25, 0.3) is 0 Å². The third-order valence-corrected chi connectivity index (χ3v) is 3.80. The summed E-state index contributed by atoms with van der Waals surface area (Å²) in [6.45, 7) is 2.16. The molecule has 1 aliphatic carbocycles. The molecule has 0 aromatic heterocycles. The van der Waals surface area contributed by atoms with Crippen LogP contribution in [0.1, 0.15) is 31.7 Å². The predicted octanol–water partition coefficient (Wildman–Crippen LogP) is 2.80. The van der Waals surface area contributed by atoms with Gasteiger partial charge >= 0.3 is 0 Å². The second-order valence-corrected chi connectivity index (χ2v) is 5.16. The van der Waals surface area contributed by atoms with Crippen LogP contribution in [0.4, 0.5) is 0 Å². The van der Waals surface area contributed by atoms with Gasteiger partial charge in [-0.3, -0.25) is 0 Å². The topological polar surface area (TPSA) is 38.7 Å². The second kappa shape index (κ2) is 5.19. The molecule has 0 amide bonds. The molecule has 0 bridgehead atoms. The summed E-state index contributed by atoms with van der Waals surface area (Å²) in [5, 5.41) is 10.4. The molecule has 1 N–H and O–H groups in total. The molecule has 1 saturated carbocycles. The van der Waals surface area contributed by atoms with Crippen molar-refractivity contribution in [3.63, 3.8) is 0 Å². The Bertz CT molecular complexity index is 416. The van der Waals surface area contributed by atoms with Crippen molar-refractivity contribution in [3.05, 3.63) is 23.8 Å². The molecule has 1 fully saturated rings. The first-order chi connectivity index (χ1) is 8.62. The molecule has 0 radical (unpaired) electrons. The number of ether oxygens (including phenoxy) is 2. The Balaban J connectivity index is 2.07. The average Bonchev–Trinajstić information content (AvgIpc) is 2.99. The highest BCUT2D eigenvalue weighted by Gasteiger charge is 2.51. The van der Waals surface area contributed by atoms with E-state index < -0.39 is 5.60 Å². The zero-order valence-corrected chi connectivity index (χ0v) is 11.4. The molecule has 3 nitrogen and oxygen atoms in total. The van der Waals surface area contributed by atoms with E-state index in [1.807, 2.05) is 18.2 Å². The molecule has 1 aliphatic rings. The minimum atomic E-state index is -0.490. The van der Waals surface area contributed by atoms with E-state index in [-0.39, 0.29) is 0 Å². The van der Waals surface area contributed by atoms with Crippen molar-refractivity contribution in [3.8, 4) is 11.5 Å². The largest absolute Gasteiger partial charge is 0.493 e. The Hall–Kier alpha value is -1.22. The molecule has 0 aliphatic heterocycles. The van der Waals surface area contributed by atoms with E-state index in [0.717, 1.165) is 36.3 Å². The summed E-state index contributed by atoms with van der Waals surface area (Å²) in [6, 6.07) is 5.85. The number of hydrogen-bond acceptors (Lipinski definition) is 3. The Morgan fingerprint density at radius 3 is 2.61 bits per heavy atom. The normalized spacial score (nSPS) is 25.9. The van der Waals surface area contributed by atoms with Crippen LogP contribution in [0, 0.1) is 5.92 Å². The summed E-state index contributed by atoms with van der Waals surface area (Å²) in [5.74, 6) is 1.93. The first-order valence-electron chi connectivity index (χ1n) is 6.56. The molecule has 100 valence electrons. The van der Waals surface area contributed by atoms with Crippen LogP contribution in [0.2, 0.25) is 0 Å². The Labute approximate surface area is 109 Å². The van der Waals surface area contributed by atoms with Crippen LogP contribution in [0.5, 0.6) is 11.5 Å². The van der Waals surface area contributed by atoms with E-state index in [0.29, 0.717) is 12.3 Å². The van der Waals surface area contributed by atoms with E-state index in [1.54, 1.807) is 14.2 Å². The summed E-state index contributed by atoms with van der Waals surface area (Å²) >= 11 is 0. The zero-order valence-electron chi connectivity index (χ0n) is 11.4. The lowest BCUT2D eigenvalue weighted by atomic mass is 10.0. The van der Waals surface area contributed by atoms with Gasteiger partial charge in [-0.25, -0.2) is 0 Å². The van der Waals surface area contributed by atoms with Crippen molar-refractivity contribution in [2.45, 2.75) is 38.2 Å². The smallest absolute Gasteiger partial charge is 0.160 e. The van der Waals surface area contributed by atoms with Crippen LogP contribution >= 0.6 is 0 Å². The molecule has 0 heterocycles. The van der Waals surface area contributed by atoms with Crippen molar-refractivity contribution in [1.82, 2.24) is 0 Å². The molecular formula is C15H22O3. The van der Waals surface area contributed by atoms with Gasteiger partial charge in [0.05, 0.1) is 19.8 Å². The highest BCUT2D eigenvalue weighted by molar-refractivity contribution is 5.43. The summed E-state index contributed by atoms with van der Waals surface area (Å²) in [5.41, 5.74) is 0.615. The Morgan fingerprint density at radius 1 is 1.28 bits per heavy atom. The zero-order chi connectivity index (χ0) is 13.2. The molecule has 1 aromatic carbocycles. The van der Waals surface area contributed by atoms with E-state index in [4.69, 9.17) is 9.47 Å². The fourth-order valence-corrected chi connectivity index (χ4v) is 2.65. The van der Waals surface area contributed by atoms with E-state index in [9.17, 15) is 5.11 Å². The lowest BCUT2D eigenvalue weighted by Crippen LogP contribution is -2.15. The summed E-state index contributed by atoms with van der Waals surface area (Å²) in [4.78, 5) is 0. The fraction of sp³-hybridized carbons (Fsp3) is 0.600. The van der Waals surface area contributed by atoms with Crippen molar-refractivity contribution in [2.75, 3.05) is 14.2 Å². The highest BCUT2D eigenvalue weighted by Crippen LogP contribution is 2.49. The van der Waals surface area contributed by atoms with Crippen LogP contribution in [0.3, 0.4) is 0 Å². The first kappa shape index (κ1) is 13.2. The van der Waals surface area contributed by atoms with Crippen molar-refractivity contribution >= 4 is 0 Å². The SMILES string of the molecule is CCCC1CC1(O)Cc1ccc(OC)c(OC)c1. The molecule has 3 heteroatoms. The molecule has 2 unspecified atom stereocenters. The molecule has 1 aromatic rings. The Kier molecular flexibility index (Phi) is 3.81. The highest BCUT2D eigenvalue weighted by atomic mass is 16.5. The van der Waals surface area contributed by atoms with E-state index >= 15 is 0 Å². The average molecular weight is 250 g/mol. The number of benzene rings is 1.